The number of carbonyl (C=O) groups is 1. The molecule has 0 radical (unpaired) electrons. The minimum atomic E-state index is -0.124. The van der Waals surface area contributed by atoms with Gasteiger partial charge < -0.3 is 5.32 Å². The maximum absolute atomic E-state index is 11.3. The molecule has 0 saturated carbocycles. The van der Waals surface area contributed by atoms with E-state index in [-0.39, 0.29) is 11.8 Å². The lowest BCUT2D eigenvalue weighted by atomic mass is 10.2. The molecular formula is C10H12N2OS. The molecular weight excluding hydrogens is 196 g/mol. The summed E-state index contributed by atoms with van der Waals surface area (Å²) in [6, 6.07) is 4.00. The fourth-order valence-corrected chi connectivity index (χ4v) is 1.62. The molecule has 0 aliphatic heterocycles. The van der Waals surface area contributed by atoms with Crippen molar-refractivity contribution < 1.29 is 4.79 Å². The molecule has 1 aromatic rings. The van der Waals surface area contributed by atoms with Crippen molar-refractivity contribution in [2.75, 3.05) is 6.54 Å². The van der Waals surface area contributed by atoms with Gasteiger partial charge in [-0.3, -0.25) is 4.79 Å². The van der Waals surface area contributed by atoms with E-state index in [2.05, 4.69) is 11.4 Å². The lowest BCUT2D eigenvalue weighted by Crippen LogP contribution is -2.28. The average molecular weight is 208 g/mol. The topological polar surface area (TPSA) is 52.9 Å². The summed E-state index contributed by atoms with van der Waals surface area (Å²) in [4.78, 5) is 11.3. The van der Waals surface area contributed by atoms with Crippen LogP contribution >= 0.6 is 11.3 Å². The van der Waals surface area contributed by atoms with Gasteiger partial charge in [0.2, 0.25) is 5.91 Å². The molecule has 1 atom stereocenters. The number of nitriles is 1. The molecule has 0 spiro atoms. The van der Waals surface area contributed by atoms with Gasteiger partial charge in [-0.15, -0.1) is 0 Å². The zero-order valence-corrected chi connectivity index (χ0v) is 8.80. The van der Waals surface area contributed by atoms with Crippen LogP contribution in [-0.2, 0) is 11.2 Å². The van der Waals surface area contributed by atoms with Crippen LogP contribution in [0.5, 0.6) is 0 Å². The summed E-state index contributed by atoms with van der Waals surface area (Å²) in [7, 11) is 0. The van der Waals surface area contributed by atoms with Gasteiger partial charge in [-0.25, -0.2) is 0 Å². The SMILES string of the molecule is CC(C#N)CNC(=O)Cc1ccsc1. The van der Waals surface area contributed by atoms with Gasteiger partial charge >= 0.3 is 0 Å². The Morgan fingerprint density at radius 2 is 2.57 bits per heavy atom. The fraction of sp³-hybridized carbons (Fsp3) is 0.400. The smallest absolute Gasteiger partial charge is 0.224 e. The highest BCUT2D eigenvalue weighted by molar-refractivity contribution is 7.07. The van der Waals surface area contributed by atoms with E-state index in [0.717, 1.165) is 5.56 Å². The van der Waals surface area contributed by atoms with Crippen molar-refractivity contribution in [1.82, 2.24) is 5.32 Å². The minimum absolute atomic E-state index is 0.0227. The molecule has 14 heavy (non-hydrogen) atoms. The Morgan fingerprint density at radius 1 is 1.79 bits per heavy atom. The van der Waals surface area contributed by atoms with E-state index < -0.39 is 0 Å². The summed E-state index contributed by atoms with van der Waals surface area (Å²) in [5.41, 5.74) is 1.03. The molecule has 0 saturated heterocycles. The van der Waals surface area contributed by atoms with Crippen molar-refractivity contribution in [3.63, 3.8) is 0 Å². The Balaban J connectivity index is 2.27. The summed E-state index contributed by atoms with van der Waals surface area (Å²) >= 11 is 1.58. The van der Waals surface area contributed by atoms with Gasteiger partial charge in [0, 0.05) is 6.54 Å². The zero-order chi connectivity index (χ0) is 10.4. The molecule has 0 bridgehead atoms. The summed E-state index contributed by atoms with van der Waals surface area (Å²) in [5, 5.41) is 15.1. The second-order valence-electron chi connectivity index (χ2n) is 3.14. The third-order valence-electron chi connectivity index (χ3n) is 1.77. The van der Waals surface area contributed by atoms with Gasteiger partial charge in [0.05, 0.1) is 18.4 Å². The second kappa shape index (κ2) is 5.40. The third-order valence-corrected chi connectivity index (χ3v) is 2.50. The monoisotopic (exact) mass is 208 g/mol. The first-order chi connectivity index (χ1) is 6.72. The summed E-state index contributed by atoms with van der Waals surface area (Å²) in [6.45, 7) is 2.21. The Labute approximate surface area is 87.4 Å². The molecule has 1 unspecified atom stereocenters. The number of hydrogen-bond donors (Lipinski definition) is 1. The van der Waals surface area contributed by atoms with Crippen LogP contribution in [0.1, 0.15) is 12.5 Å². The molecule has 1 N–H and O–H groups in total. The minimum Gasteiger partial charge on any atom is -0.355 e. The molecule has 0 fully saturated rings. The van der Waals surface area contributed by atoms with Crippen molar-refractivity contribution in [2.24, 2.45) is 5.92 Å². The lowest BCUT2D eigenvalue weighted by Gasteiger charge is -2.04. The van der Waals surface area contributed by atoms with Crippen molar-refractivity contribution in [3.8, 4) is 6.07 Å². The standard InChI is InChI=1S/C10H12N2OS/c1-8(5-11)6-12-10(13)4-9-2-3-14-7-9/h2-3,7-8H,4,6H2,1H3,(H,12,13). The van der Waals surface area contributed by atoms with Crippen molar-refractivity contribution >= 4 is 17.2 Å². The van der Waals surface area contributed by atoms with E-state index in [0.29, 0.717) is 13.0 Å². The van der Waals surface area contributed by atoms with Gasteiger partial charge in [-0.1, -0.05) is 0 Å². The third kappa shape index (κ3) is 3.58. The first kappa shape index (κ1) is 10.7. The fourth-order valence-electron chi connectivity index (χ4n) is 0.954. The van der Waals surface area contributed by atoms with Crippen LogP contribution in [0.3, 0.4) is 0 Å². The molecule has 0 aliphatic carbocycles. The Hall–Kier alpha value is -1.34. The quantitative estimate of drug-likeness (QED) is 0.816. The molecule has 0 aliphatic rings. The highest BCUT2D eigenvalue weighted by atomic mass is 32.1. The van der Waals surface area contributed by atoms with E-state index in [1.165, 1.54) is 0 Å². The van der Waals surface area contributed by atoms with E-state index in [4.69, 9.17) is 5.26 Å². The van der Waals surface area contributed by atoms with Crippen molar-refractivity contribution in [1.29, 1.82) is 5.26 Å². The second-order valence-corrected chi connectivity index (χ2v) is 3.92. The van der Waals surface area contributed by atoms with E-state index in [1.54, 1.807) is 18.3 Å². The van der Waals surface area contributed by atoms with Crippen LogP contribution in [0.2, 0.25) is 0 Å². The number of nitrogens with zero attached hydrogens (tertiary/aromatic N) is 1. The average Bonchev–Trinajstić information content (AvgIpc) is 2.66. The molecule has 3 nitrogen and oxygen atoms in total. The molecule has 1 amide bonds. The lowest BCUT2D eigenvalue weighted by molar-refractivity contribution is -0.120. The number of hydrogen-bond acceptors (Lipinski definition) is 3. The first-order valence-electron chi connectivity index (χ1n) is 4.39. The first-order valence-corrected chi connectivity index (χ1v) is 5.34. The largest absolute Gasteiger partial charge is 0.355 e. The number of rotatable bonds is 4. The Kier molecular flexibility index (Phi) is 4.14. The van der Waals surface area contributed by atoms with Crippen LogP contribution < -0.4 is 5.32 Å². The van der Waals surface area contributed by atoms with Crippen molar-refractivity contribution in [3.05, 3.63) is 22.4 Å². The molecule has 1 heterocycles. The van der Waals surface area contributed by atoms with Gasteiger partial charge in [0.1, 0.15) is 0 Å². The number of nitrogens with one attached hydrogen (secondary N) is 1. The van der Waals surface area contributed by atoms with Crippen LogP contribution in [0.25, 0.3) is 0 Å². The van der Waals surface area contributed by atoms with Crippen molar-refractivity contribution in [2.45, 2.75) is 13.3 Å². The van der Waals surface area contributed by atoms with Gasteiger partial charge in [0.25, 0.3) is 0 Å². The summed E-state index contributed by atoms with van der Waals surface area (Å²) in [5.74, 6) is -0.146. The van der Waals surface area contributed by atoms with Gasteiger partial charge in [-0.2, -0.15) is 16.6 Å². The van der Waals surface area contributed by atoms with Gasteiger partial charge in [0.15, 0.2) is 0 Å². The predicted molar refractivity (Wildman–Crippen MR) is 55.8 cm³/mol. The normalized spacial score (nSPS) is 11.7. The highest BCUT2D eigenvalue weighted by Gasteiger charge is 2.05. The van der Waals surface area contributed by atoms with Crippen LogP contribution in [0, 0.1) is 17.2 Å². The molecule has 1 aromatic heterocycles. The number of carbonyl (C=O) groups excluding carboxylic acids is 1. The summed E-state index contributed by atoms with van der Waals surface area (Å²) < 4.78 is 0. The predicted octanol–water partition coefficient (Wildman–Crippen LogP) is 1.57. The number of thiophene rings is 1. The highest BCUT2D eigenvalue weighted by Crippen LogP contribution is 2.06. The Morgan fingerprint density at radius 3 is 3.14 bits per heavy atom. The molecule has 1 rings (SSSR count). The number of amides is 1. The molecule has 0 aromatic carbocycles. The van der Waals surface area contributed by atoms with E-state index >= 15 is 0 Å². The maximum Gasteiger partial charge on any atom is 0.224 e. The van der Waals surface area contributed by atoms with Crippen LogP contribution in [-0.4, -0.2) is 12.5 Å². The molecule has 74 valence electrons. The van der Waals surface area contributed by atoms with E-state index in [9.17, 15) is 4.79 Å². The van der Waals surface area contributed by atoms with Gasteiger partial charge in [-0.05, 0) is 29.3 Å². The Bertz CT molecular complexity index is 326. The van der Waals surface area contributed by atoms with Crippen LogP contribution in [0.4, 0.5) is 0 Å². The molecule has 4 heteroatoms. The van der Waals surface area contributed by atoms with E-state index in [1.807, 2.05) is 16.8 Å². The zero-order valence-electron chi connectivity index (χ0n) is 7.99. The van der Waals surface area contributed by atoms with Crippen LogP contribution in [0.15, 0.2) is 16.8 Å². The summed E-state index contributed by atoms with van der Waals surface area (Å²) in [6.07, 6.45) is 0.404. The maximum atomic E-state index is 11.3.